The van der Waals surface area contributed by atoms with Gasteiger partial charge in [0.2, 0.25) is 0 Å². The topological polar surface area (TPSA) is 0 Å². The number of benzene rings is 7. The fourth-order valence-electron chi connectivity index (χ4n) is 9.29. The van der Waals surface area contributed by atoms with Crippen LogP contribution >= 0.6 is 15.9 Å². The van der Waals surface area contributed by atoms with Crippen molar-refractivity contribution in [2.24, 2.45) is 0 Å². The third-order valence-corrected chi connectivity index (χ3v) is 14.0. The third-order valence-electron chi connectivity index (χ3n) is 13.5. The van der Waals surface area contributed by atoms with E-state index in [1.54, 1.807) is 0 Å². The summed E-state index contributed by atoms with van der Waals surface area (Å²) in [5.41, 5.74) is 26.5. The average Bonchev–Trinajstić information content (AvgIpc) is 3.10. The molecule has 7 aromatic rings. The van der Waals surface area contributed by atoms with Gasteiger partial charge in [0.1, 0.15) is 118 Å². The number of fused-ring (bicyclic) bond motifs is 4. The van der Waals surface area contributed by atoms with Gasteiger partial charge in [-0.15, -0.1) is 38.2 Å². The lowest BCUT2D eigenvalue weighted by atomic mass is 9.56. The number of halogens is 1. The van der Waals surface area contributed by atoms with Crippen LogP contribution in [0.5, 0.6) is 0 Å². The standard InChI is InChI=1S/C34H36B15Br/c35-20-13-11(9-2-1-8-6-10(50)4-3-7(8)5-9)14-16(24(39)32(47)30(45)21(14)36)12(15(13)23(38)31(46)29(20)44)17-18-19(26(41)28(43)22(17)37)27(42)34(49)33(48)25(18)40/h1-6H,35-49H2. The van der Waals surface area contributed by atoms with Gasteiger partial charge >= 0.3 is 0 Å². The van der Waals surface area contributed by atoms with Crippen LogP contribution < -0.4 is 81.9 Å². The Morgan fingerprint density at radius 3 is 1.04 bits per heavy atom. The van der Waals surface area contributed by atoms with Crippen LogP contribution in [0, 0.1) is 0 Å². The van der Waals surface area contributed by atoms with Gasteiger partial charge in [-0.25, -0.2) is 0 Å². The van der Waals surface area contributed by atoms with Gasteiger partial charge in [-0.2, -0.15) is 0 Å². The minimum Gasteiger partial charge on any atom is -0.101 e. The first kappa shape index (κ1) is 35.4. The molecule has 0 heterocycles. The minimum atomic E-state index is 1.11. The van der Waals surface area contributed by atoms with Crippen LogP contribution in [-0.4, -0.2) is 118 Å². The monoisotopic (exact) mass is 688 g/mol. The van der Waals surface area contributed by atoms with Gasteiger partial charge in [0.05, 0.1) is 0 Å². The largest absolute Gasteiger partial charge is 0.139 e. The van der Waals surface area contributed by atoms with Crippen LogP contribution in [0.2, 0.25) is 0 Å². The summed E-state index contributed by atoms with van der Waals surface area (Å²) in [4.78, 5) is 0. The van der Waals surface area contributed by atoms with E-state index in [0.717, 1.165) is 4.47 Å². The zero-order valence-electron chi connectivity index (χ0n) is 32.8. The highest BCUT2D eigenvalue weighted by molar-refractivity contribution is 9.10. The van der Waals surface area contributed by atoms with Crippen molar-refractivity contribution in [2.45, 2.75) is 0 Å². The highest BCUT2D eigenvalue weighted by atomic mass is 79.9. The van der Waals surface area contributed by atoms with Crippen molar-refractivity contribution >= 4 is 259 Å². The molecule has 50 heavy (non-hydrogen) atoms. The van der Waals surface area contributed by atoms with Crippen molar-refractivity contribution in [3.05, 3.63) is 40.9 Å². The Morgan fingerprint density at radius 2 is 0.600 bits per heavy atom. The molecule has 224 valence electrons. The smallest absolute Gasteiger partial charge is 0.101 e. The second-order valence-electron chi connectivity index (χ2n) is 15.5. The Labute approximate surface area is 319 Å². The molecule has 0 aromatic heterocycles. The molecular formula is C34H36B15Br. The van der Waals surface area contributed by atoms with E-state index in [9.17, 15) is 0 Å². The summed E-state index contributed by atoms with van der Waals surface area (Å²) in [5.74, 6) is 0. The summed E-state index contributed by atoms with van der Waals surface area (Å²) in [6.07, 6.45) is 0. The first-order chi connectivity index (χ1) is 23.5. The van der Waals surface area contributed by atoms with Crippen LogP contribution in [0.25, 0.3) is 65.3 Å². The van der Waals surface area contributed by atoms with E-state index >= 15 is 0 Å². The van der Waals surface area contributed by atoms with Gasteiger partial charge in [-0.05, 0) is 83.5 Å². The highest BCUT2D eigenvalue weighted by Crippen LogP contribution is 2.42. The molecule has 7 aromatic carbocycles. The molecule has 16 heteroatoms. The maximum atomic E-state index is 3.71. The van der Waals surface area contributed by atoms with Crippen molar-refractivity contribution in [1.82, 2.24) is 0 Å². The molecule has 0 unspecified atom stereocenters. The SMILES string of the molecule is Bc1c(B)c(B)c2c(-c3c4c(B)c(B)c(B)c(B)c4c(-c4ccc5cc(Br)ccc5c4)c4c(B)c(B)c(B)c(B)c34)c(B)c(B)c(B)c2c1B. The van der Waals surface area contributed by atoms with Crippen molar-refractivity contribution in [3.63, 3.8) is 0 Å². The molecule has 7 rings (SSSR count). The Kier molecular flexibility index (Phi) is 8.74. The Morgan fingerprint density at radius 1 is 0.280 bits per heavy atom. The average molecular weight is 687 g/mol. The molecule has 0 aliphatic carbocycles. The van der Waals surface area contributed by atoms with Crippen molar-refractivity contribution < 1.29 is 0 Å². The van der Waals surface area contributed by atoms with E-state index in [-0.39, 0.29) is 0 Å². The highest BCUT2D eigenvalue weighted by Gasteiger charge is 2.28. The molecule has 0 bridgehead atoms. The summed E-state index contributed by atoms with van der Waals surface area (Å²) in [5, 5.41) is 11.0. The maximum Gasteiger partial charge on any atom is 0.139 e. The van der Waals surface area contributed by atoms with Crippen LogP contribution in [0.4, 0.5) is 0 Å². The number of hydrogen-bond donors (Lipinski definition) is 0. The molecule has 0 aliphatic rings. The van der Waals surface area contributed by atoms with Gasteiger partial charge in [-0.3, -0.25) is 0 Å². The van der Waals surface area contributed by atoms with E-state index in [0.29, 0.717) is 0 Å². The third kappa shape index (κ3) is 4.79. The van der Waals surface area contributed by atoms with Gasteiger partial charge in [0.25, 0.3) is 0 Å². The molecule has 0 radical (unpaired) electrons. The van der Waals surface area contributed by atoms with Crippen LogP contribution in [0.1, 0.15) is 0 Å². The summed E-state index contributed by atoms with van der Waals surface area (Å²) in [6, 6.07) is 13.8. The van der Waals surface area contributed by atoms with Crippen molar-refractivity contribution in [2.75, 3.05) is 0 Å². The first-order valence-corrected chi connectivity index (χ1v) is 19.0. The van der Waals surface area contributed by atoms with Crippen LogP contribution in [-0.2, 0) is 0 Å². The molecule has 0 nitrogen and oxygen atoms in total. The second-order valence-corrected chi connectivity index (χ2v) is 16.4. The van der Waals surface area contributed by atoms with E-state index in [4.69, 9.17) is 0 Å². The Balaban J connectivity index is 1.90. The lowest BCUT2D eigenvalue weighted by Crippen LogP contribution is -2.53. The predicted octanol–water partition coefficient (Wildman–Crippen LogP) is -15.7. The zero-order valence-corrected chi connectivity index (χ0v) is 34.4. The molecule has 0 aliphatic heterocycles. The molecule has 0 fully saturated rings. The van der Waals surface area contributed by atoms with Crippen LogP contribution in [0.15, 0.2) is 40.9 Å². The Bertz CT molecular complexity index is 2630. The number of hydrogen-bond acceptors (Lipinski definition) is 0. The Hall–Kier alpha value is -2.97. The summed E-state index contributed by atoms with van der Waals surface area (Å²) < 4.78 is 1.11. The van der Waals surface area contributed by atoms with Crippen LogP contribution in [0.3, 0.4) is 0 Å². The van der Waals surface area contributed by atoms with Gasteiger partial charge in [0.15, 0.2) is 0 Å². The summed E-state index contributed by atoms with van der Waals surface area (Å²) in [6.45, 7) is 0. The fourth-order valence-corrected chi connectivity index (χ4v) is 9.66. The van der Waals surface area contributed by atoms with E-state index in [1.807, 2.05) is 0 Å². The normalized spacial score (nSPS) is 11.7. The predicted molar refractivity (Wildman–Crippen MR) is 278 cm³/mol. The van der Waals surface area contributed by atoms with Crippen molar-refractivity contribution in [1.29, 1.82) is 0 Å². The van der Waals surface area contributed by atoms with E-state index in [1.165, 1.54) is 147 Å². The second kappa shape index (κ2) is 12.3. The van der Waals surface area contributed by atoms with Gasteiger partial charge in [0, 0.05) is 4.47 Å². The molecule has 0 saturated carbocycles. The molecule has 0 amide bonds. The first-order valence-electron chi connectivity index (χ1n) is 18.2. The maximum absolute atomic E-state index is 3.71. The molecule has 0 saturated heterocycles. The number of rotatable bonds is 2. The molecule has 0 spiro atoms. The lowest BCUT2D eigenvalue weighted by Gasteiger charge is -2.31. The summed E-state index contributed by atoms with van der Waals surface area (Å²) in [7, 11) is 35.3. The minimum absolute atomic E-state index is 1.11. The zero-order chi connectivity index (χ0) is 36.4. The van der Waals surface area contributed by atoms with E-state index in [2.05, 4.69) is 170 Å². The van der Waals surface area contributed by atoms with E-state index < -0.39 is 0 Å². The summed E-state index contributed by atoms with van der Waals surface area (Å²) >= 11 is 3.71. The quantitative estimate of drug-likeness (QED) is 0.125. The van der Waals surface area contributed by atoms with Gasteiger partial charge < -0.3 is 0 Å². The van der Waals surface area contributed by atoms with Crippen molar-refractivity contribution in [3.8, 4) is 22.3 Å². The lowest BCUT2D eigenvalue weighted by molar-refractivity contribution is 1.69. The van der Waals surface area contributed by atoms with Gasteiger partial charge in [-0.1, -0.05) is 77.8 Å². The fraction of sp³-hybridized carbons (Fsp3) is 0. The molecular weight excluding hydrogens is 650 g/mol. The molecule has 0 atom stereocenters. The molecule has 0 N–H and O–H groups in total.